The Kier molecular flexibility index (Phi) is 64.8. The maximum Gasteiger partial charge on any atom is 0.472 e. The van der Waals surface area contributed by atoms with Gasteiger partial charge in [-0.15, -0.1) is 0 Å². The van der Waals surface area contributed by atoms with Crippen LogP contribution in [0, 0.1) is 0 Å². The van der Waals surface area contributed by atoms with Gasteiger partial charge in [0, 0.05) is 25.7 Å². The van der Waals surface area contributed by atoms with E-state index in [1.54, 1.807) is 0 Å². The molecule has 0 bridgehead atoms. The molecule has 2 aliphatic heterocycles. The molecule has 2 saturated heterocycles. The second kappa shape index (κ2) is 69.8. The molecular weight excluding hydrogens is 1510 g/mol. The van der Waals surface area contributed by atoms with Crippen LogP contribution in [0.5, 0.6) is 0 Å². The highest BCUT2D eigenvalue weighted by atomic mass is 31.2. The molecule has 1 aliphatic carbocycles. The van der Waals surface area contributed by atoms with Crippen molar-refractivity contribution in [2.75, 3.05) is 26.4 Å². The highest BCUT2D eigenvalue weighted by Crippen LogP contribution is 2.49. The van der Waals surface area contributed by atoms with Crippen LogP contribution in [0.25, 0.3) is 0 Å². The summed E-state index contributed by atoms with van der Waals surface area (Å²) in [5.74, 6) is -2.94. The molecule has 116 heavy (non-hydrogen) atoms. The van der Waals surface area contributed by atoms with Gasteiger partial charge in [-0.25, -0.2) is 4.57 Å². The Bertz CT molecular complexity index is 2410. The van der Waals surface area contributed by atoms with E-state index >= 15 is 0 Å². The lowest BCUT2D eigenvalue weighted by Crippen LogP contribution is -2.70. The SMILES string of the molecule is CCCCCCCCCCCCCCCCCCC(=O)OC(COC(=O)CCCCCCCCCCCCCCC)COP(=O)(O)OC1C(OC2OC(CO)C(O)C(O)C2O)C(O)C(O)C(OC(=O)CCCCCCCCCCCCCCC)C1OC1OC(COC(=O)CCCCCCCCCCCCCCCCC)C(O)C(O)C1O. The van der Waals surface area contributed by atoms with Crippen LogP contribution in [0.1, 0.15) is 419 Å². The van der Waals surface area contributed by atoms with Crippen LogP contribution in [-0.4, -0.2) is 205 Å². The molecule has 0 aromatic heterocycles. The molecule has 0 aromatic rings. The number of esters is 4. The van der Waals surface area contributed by atoms with Gasteiger partial charge < -0.3 is 88.7 Å². The summed E-state index contributed by atoms with van der Waals surface area (Å²) in [6.07, 6.45) is 26.6. The van der Waals surface area contributed by atoms with Crippen molar-refractivity contribution in [1.82, 2.24) is 0 Å². The molecule has 2 heterocycles. The van der Waals surface area contributed by atoms with Gasteiger partial charge in [-0.1, -0.05) is 368 Å². The number of rotatable bonds is 77. The molecule has 3 fully saturated rings. The molecule has 3 aliphatic rings. The summed E-state index contributed by atoms with van der Waals surface area (Å²) in [5.41, 5.74) is 0. The van der Waals surface area contributed by atoms with Gasteiger partial charge in [0.05, 0.1) is 13.2 Å². The highest BCUT2D eigenvalue weighted by molar-refractivity contribution is 7.47. The van der Waals surface area contributed by atoms with Crippen molar-refractivity contribution in [2.24, 2.45) is 0 Å². The Balaban J connectivity index is 1.91. The third kappa shape index (κ3) is 49.7. The number of unbranched alkanes of at least 4 members (excludes halogenated alkanes) is 53. The summed E-state index contributed by atoms with van der Waals surface area (Å²) in [7, 11) is -5.80. The minimum absolute atomic E-state index is 0.0203. The first kappa shape index (κ1) is 108. The molecule has 18 atom stereocenters. The Labute approximate surface area is 699 Å². The molecule has 0 aromatic carbocycles. The van der Waals surface area contributed by atoms with E-state index in [9.17, 15) is 74.6 Å². The monoisotopic (exact) mass is 1680 g/mol. The van der Waals surface area contributed by atoms with Crippen molar-refractivity contribution >= 4 is 31.7 Å². The van der Waals surface area contributed by atoms with Crippen LogP contribution in [0.4, 0.5) is 0 Å². The van der Waals surface area contributed by atoms with Crippen LogP contribution in [0.2, 0.25) is 0 Å². The third-order valence-corrected chi connectivity index (χ3v) is 24.3. The van der Waals surface area contributed by atoms with Gasteiger partial charge >= 0.3 is 31.7 Å². The minimum atomic E-state index is -5.80. The van der Waals surface area contributed by atoms with Gasteiger partial charge in [0.1, 0.15) is 92.6 Å². The first-order chi connectivity index (χ1) is 56.2. The van der Waals surface area contributed by atoms with Gasteiger partial charge in [0.15, 0.2) is 24.8 Å². The number of phosphoric ester groups is 1. The summed E-state index contributed by atoms with van der Waals surface area (Å²) < 4.78 is 73.4. The molecule has 10 N–H and O–H groups in total. The summed E-state index contributed by atoms with van der Waals surface area (Å²) in [6.45, 7) is 5.63. The quantitative estimate of drug-likeness (QED) is 0.0117. The summed E-state index contributed by atoms with van der Waals surface area (Å²) in [5, 5.41) is 102. The first-order valence-electron chi connectivity index (χ1n) is 47.3. The normalized spacial score (nSPS) is 25.1. The fourth-order valence-electron chi connectivity index (χ4n) is 15.8. The average molecular weight is 1680 g/mol. The van der Waals surface area contributed by atoms with Crippen LogP contribution in [0.3, 0.4) is 0 Å². The van der Waals surface area contributed by atoms with Crippen molar-refractivity contribution in [2.45, 2.75) is 524 Å². The lowest BCUT2D eigenvalue weighted by molar-refractivity contribution is -0.360. The second-order valence-electron chi connectivity index (χ2n) is 33.9. The molecule has 684 valence electrons. The summed E-state index contributed by atoms with van der Waals surface area (Å²) in [6, 6.07) is 0. The maximum absolute atomic E-state index is 14.9. The average Bonchev–Trinajstić information content (AvgIpc) is 0.754. The van der Waals surface area contributed by atoms with Gasteiger partial charge in [-0.05, 0) is 25.7 Å². The molecule has 26 heteroatoms. The van der Waals surface area contributed by atoms with Gasteiger partial charge in [0.2, 0.25) is 0 Å². The largest absolute Gasteiger partial charge is 0.472 e. The van der Waals surface area contributed by atoms with E-state index in [4.69, 9.17) is 46.9 Å². The lowest BCUT2D eigenvalue weighted by atomic mass is 9.84. The van der Waals surface area contributed by atoms with Crippen LogP contribution >= 0.6 is 7.82 Å². The van der Waals surface area contributed by atoms with E-state index in [-0.39, 0.29) is 25.7 Å². The van der Waals surface area contributed by atoms with E-state index in [1.165, 1.54) is 205 Å². The smallest absolute Gasteiger partial charge is 0.463 e. The fourth-order valence-corrected chi connectivity index (χ4v) is 16.8. The Hall–Kier alpha value is -2.53. The van der Waals surface area contributed by atoms with Gasteiger partial charge in [-0.2, -0.15) is 0 Å². The number of ether oxygens (including phenoxy) is 8. The number of hydrogen-bond donors (Lipinski definition) is 10. The van der Waals surface area contributed by atoms with E-state index in [0.717, 1.165) is 128 Å². The van der Waals surface area contributed by atoms with Crippen molar-refractivity contribution in [1.29, 1.82) is 0 Å². The molecule has 0 radical (unpaired) electrons. The number of carbonyl (C=O) groups excluding carboxylic acids is 4. The van der Waals surface area contributed by atoms with E-state index in [0.29, 0.717) is 32.1 Å². The lowest BCUT2D eigenvalue weighted by Gasteiger charge is -2.50. The fraction of sp³-hybridized carbons (Fsp3) is 0.956. The van der Waals surface area contributed by atoms with Crippen molar-refractivity contribution in [3.05, 3.63) is 0 Å². The molecule has 3 rings (SSSR count). The predicted molar refractivity (Wildman–Crippen MR) is 449 cm³/mol. The van der Waals surface area contributed by atoms with Crippen LogP contribution in [-0.2, 0) is 70.7 Å². The number of phosphoric acid groups is 1. The van der Waals surface area contributed by atoms with Crippen molar-refractivity contribution in [3.63, 3.8) is 0 Å². The number of aliphatic hydroxyl groups is 9. The molecule has 25 nitrogen and oxygen atoms in total. The Morgan fingerprint density at radius 2 is 0.595 bits per heavy atom. The predicted octanol–water partition coefficient (Wildman–Crippen LogP) is 17.4. The first-order valence-corrected chi connectivity index (χ1v) is 48.8. The number of hydrogen-bond acceptors (Lipinski definition) is 24. The Morgan fingerprint density at radius 3 is 0.940 bits per heavy atom. The Morgan fingerprint density at radius 1 is 0.310 bits per heavy atom. The third-order valence-electron chi connectivity index (χ3n) is 23.4. The minimum Gasteiger partial charge on any atom is -0.463 e. The zero-order valence-corrected chi connectivity index (χ0v) is 73.7. The van der Waals surface area contributed by atoms with Crippen LogP contribution in [0.15, 0.2) is 0 Å². The topological polar surface area (TPSA) is 380 Å². The molecular formula is C90H169O25P. The number of carbonyl (C=O) groups is 4. The van der Waals surface area contributed by atoms with Crippen LogP contribution < -0.4 is 0 Å². The van der Waals surface area contributed by atoms with Gasteiger partial charge in [0.25, 0.3) is 0 Å². The summed E-state index contributed by atoms with van der Waals surface area (Å²) >= 11 is 0. The van der Waals surface area contributed by atoms with Crippen molar-refractivity contribution < 1.29 is 122 Å². The molecule has 18 unspecified atom stereocenters. The highest BCUT2D eigenvalue weighted by Gasteiger charge is 2.60. The van der Waals surface area contributed by atoms with Crippen molar-refractivity contribution in [3.8, 4) is 0 Å². The standard InChI is InChI=1S/C90H169O25P/c1-5-9-13-17-21-25-29-33-35-37-41-45-48-52-56-60-64-75(94)109-70(67-106-73(92)62-58-54-50-46-42-38-31-27-23-19-15-11-7-3)68-108-116(104,105)115-88-86(113-89-83(102)79(98)77(96)71(66-91)110-89)82(101)81(100)85(112-76(95)65-61-57-53-49-44-39-32-28-24-20-16-12-8-4)87(88)114-90-84(103)80(99)78(97)72(111-90)69-107-74(93)63-59-55-51-47-43-40-36-34-30-26-22-18-14-10-6-2/h70-72,77-91,96-103H,5-69H2,1-4H3,(H,104,105). The molecule has 0 amide bonds. The maximum atomic E-state index is 14.9. The second-order valence-corrected chi connectivity index (χ2v) is 35.3. The molecule has 0 spiro atoms. The van der Waals surface area contributed by atoms with E-state index in [2.05, 4.69) is 27.7 Å². The zero-order valence-electron chi connectivity index (χ0n) is 72.8. The molecule has 1 saturated carbocycles. The summed E-state index contributed by atoms with van der Waals surface area (Å²) in [4.78, 5) is 66.4. The number of aliphatic hydroxyl groups excluding tert-OH is 9. The van der Waals surface area contributed by atoms with E-state index in [1.807, 2.05) is 0 Å². The zero-order chi connectivity index (χ0) is 84.7. The van der Waals surface area contributed by atoms with E-state index < -0.39 is 162 Å². The van der Waals surface area contributed by atoms with Gasteiger partial charge in [-0.3, -0.25) is 28.2 Å².